The Morgan fingerprint density at radius 2 is 2.09 bits per heavy atom. The van der Waals surface area contributed by atoms with Crippen LogP contribution in [0.3, 0.4) is 0 Å². The number of aromatic nitrogens is 2. The number of rotatable bonds is 3. The number of carbonyl (C=O) groups is 2. The highest BCUT2D eigenvalue weighted by atomic mass is 19.1. The van der Waals surface area contributed by atoms with E-state index in [-0.39, 0.29) is 29.6 Å². The largest absolute Gasteiger partial charge is 0.393 e. The van der Waals surface area contributed by atoms with Gasteiger partial charge in [0.25, 0.3) is 5.91 Å². The van der Waals surface area contributed by atoms with Crippen molar-refractivity contribution >= 4 is 17.6 Å². The van der Waals surface area contributed by atoms with Crippen LogP contribution in [0.4, 0.5) is 19.3 Å². The van der Waals surface area contributed by atoms with Gasteiger partial charge in [-0.25, -0.2) is 13.6 Å². The molecule has 0 aliphatic carbocycles. The zero-order valence-corrected chi connectivity index (χ0v) is 18.4. The van der Waals surface area contributed by atoms with Crippen molar-refractivity contribution in [1.82, 2.24) is 19.6 Å². The molecule has 2 N–H and O–H groups in total. The number of nitrogens with one attached hydrogen (secondary N) is 1. The van der Waals surface area contributed by atoms with Crippen LogP contribution in [0.1, 0.15) is 40.7 Å². The van der Waals surface area contributed by atoms with Crippen LogP contribution < -0.4 is 5.32 Å². The van der Waals surface area contributed by atoms with Gasteiger partial charge in [-0.05, 0) is 25.5 Å². The van der Waals surface area contributed by atoms with Crippen molar-refractivity contribution in [3.05, 3.63) is 46.3 Å². The Morgan fingerprint density at radius 1 is 1.34 bits per heavy atom. The van der Waals surface area contributed by atoms with E-state index >= 15 is 0 Å². The third kappa shape index (κ3) is 3.83. The lowest BCUT2D eigenvalue weighted by molar-refractivity contribution is 0.0626. The van der Waals surface area contributed by atoms with Crippen molar-refractivity contribution in [2.45, 2.75) is 45.9 Å². The van der Waals surface area contributed by atoms with Crippen molar-refractivity contribution in [1.29, 1.82) is 0 Å². The fourth-order valence-electron chi connectivity index (χ4n) is 4.40. The predicted octanol–water partition coefficient (Wildman–Crippen LogP) is 2.53. The fraction of sp³-hybridized carbons (Fsp3) is 0.500. The smallest absolute Gasteiger partial charge is 0.322 e. The van der Waals surface area contributed by atoms with Gasteiger partial charge in [-0.15, -0.1) is 0 Å². The molecule has 32 heavy (non-hydrogen) atoms. The monoisotopic (exact) mass is 447 g/mol. The number of hydrogen-bond donors (Lipinski definition) is 2. The lowest BCUT2D eigenvalue weighted by Gasteiger charge is -2.28. The minimum absolute atomic E-state index is 0.0965. The molecule has 0 fully saturated rings. The molecule has 8 nitrogen and oxygen atoms in total. The van der Waals surface area contributed by atoms with E-state index in [9.17, 15) is 23.5 Å². The van der Waals surface area contributed by atoms with E-state index in [2.05, 4.69) is 10.4 Å². The van der Waals surface area contributed by atoms with E-state index < -0.39 is 23.8 Å². The molecule has 1 aromatic carbocycles. The molecule has 0 spiro atoms. The van der Waals surface area contributed by atoms with E-state index in [1.165, 1.54) is 17.9 Å². The summed E-state index contributed by atoms with van der Waals surface area (Å²) in [7, 11) is 1.69. The number of hydrogen-bond acceptors (Lipinski definition) is 4. The highest BCUT2D eigenvalue weighted by molar-refractivity contribution is 5.95. The molecule has 172 valence electrons. The van der Waals surface area contributed by atoms with Crippen molar-refractivity contribution < 1.29 is 23.5 Å². The molecule has 0 saturated carbocycles. The first-order chi connectivity index (χ1) is 15.2. The number of aliphatic hydroxyl groups excluding tert-OH is 1. The van der Waals surface area contributed by atoms with E-state index in [1.54, 1.807) is 16.6 Å². The Morgan fingerprint density at radius 3 is 2.81 bits per heavy atom. The number of aliphatic hydroxyl groups is 1. The van der Waals surface area contributed by atoms with Crippen LogP contribution in [-0.2, 0) is 19.5 Å². The zero-order chi connectivity index (χ0) is 23.2. The first-order valence-corrected chi connectivity index (χ1v) is 10.7. The number of anilines is 1. The van der Waals surface area contributed by atoms with Gasteiger partial charge in [0.2, 0.25) is 0 Å². The SMILES string of the molecule is CCC(O)C1CN(C)C(=O)c2c3c(nn2C1)CCN(C(=O)Nc1ccc(F)c(C)c1F)C3. The molecule has 10 heteroatoms. The zero-order valence-electron chi connectivity index (χ0n) is 18.4. The van der Waals surface area contributed by atoms with Gasteiger partial charge >= 0.3 is 6.03 Å². The third-order valence-electron chi connectivity index (χ3n) is 6.38. The van der Waals surface area contributed by atoms with Crippen LogP contribution in [0.2, 0.25) is 0 Å². The summed E-state index contributed by atoms with van der Waals surface area (Å²) >= 11 is 0. The van der Waals surface area contributed by atoms with Crippen LogP contribution in [0, 0.1) is 24.5 Å². The minimum Gasteiger partial charge on any atom is -0.393 e. The number of carbonyl (C=O) groups excluding carboxylic acids is 2. The second-order valence-electron chi connectivity index (χ2n) is 8.51. The number of halogens is 2. The first kappa shape index (κ1) is 22.2. The topological polar surface area (TPSA) is 90.7 Å². The average molecular weight is 447 g/mol. The van der Waals surface area contributed by atoms with E-state index in [1.807, 2.05) is 6.92 Å². The number of nitrogens with zero attached hydrogens (tertiary/aromatic N) is 4. The molecule has 2 atom stereocenters. The Balaban J connectivity index is 1.58. The maximum absolute atomic E-state index is 14.3. The molecule has 0 saturated heterocycles. The lowest BCUT2D eigenvalue weighted by Crippen LogP contribution is -2.40. The predicted molar refractivity (Wildman–Crippen MR) is 113 cm³/mol. The summed E-state index contributed by atoms with van der Waals surface area (Å²) in [4.78, 5) is 29.0. The summed E-state index contributed by atoms with van der Waals surface area (Å²) in [6, 6.07) is 1.76. The van der Waals surface area contributed by atoms with Gasteiger partial charge in [0, 0.05) is 50.1 Å². The van der Waals surface area contributed by atoms with E-state index in [0.29, 0.717) is 43.7 Å². The lowest BCUT2D eigenvalue weighted by atomic mass is 10.0. The second kappa shape index (κ2) is 8.50. The van der Waals surface area contributed by atoms with Crippen molar-refractivity contribution in [2.75, 3.05) is 25.5 Å². The Hall–Kier alpha value is -3.01. The van der Waals surface area contributed by atoms with Gasteiger partial charge in [-0.2, -0.15) is 5.10 Å². The maximum Gasteiger partial charge on any atom is 0.322 e. The Kier molecular flexibility index (Phi) is 5.89. The molecule has 2 aromatic rings. The number of benzene rings is 1. The maximum atomic E-state index is 14.3. The molecule has 3 heterocycles. The van der Waals surface area contributed by atoms with Gasteiger partial charge in [-0.1, -0.05) is 6.92 Å². The summed E-state index contributed by atoms with van der Waals surface area (Å²) in [5.74, 6) is -1.83. The number of fused-ring (bicyclic) bond motifs is 3. The van der Waals surface area contributed by atoms with E-state index in [4.69, 9.17) is 0 Å². The van der Waals surface area contributed by atoms with Gasteiger partial charge in [0.05, 0.1) is 24.0 Å². The summed E-state index contributed by atoms with van der Waals surface area (Å²) < 4.78 is 29.5. The van der Waals surface area contributed by atoms with Gasteiger partial charge in [0.15, 0.2) is 5.82 Å². The molecule has 2 aliphatic rings. The Bertz CT molecular complexity index is 1070. The molecule has 0 bridgehead atoms. The first-order valence-electron chi connectivity index (χ1n) is 10.7. The normalized spacial score (nSPS) is 19.3. The van der Waals surface area contributed by atoms with Gasteiger partial charge in [0.1, 0.15) is 11.5 Å². The van der Waals surface area contributed by atoms with Crippen molar-refractivity contribution in [3.63, 3.8) is 0 Å². The summed E-state index contributed by atoms with van der Waals surface area (Å²) in [5, 5.41) is 17.5. The number of urea groups is 1. The molecular weight excluding hydrogens is 420 g/mol. The van der Waals surface area contributed by atoms with Crippen LogP contribution >= 0.6 is 0 Å². The van der Waals surface area contributed by atoms with Crippen molar-refractivity contribution in [3.8, 4) is 0 Å². The molecule has 2 aliphatic heterocycles. The molecule has 1 aromatic heterocycles. The molecular formula is C22H27F2N5O3. The molecule has 0 radical (unpaired) electrons. The van der Waals surface area contributed by atoms with Crippen molar-refractivity contribution in [2.24, 2.45) is 5.92 Å². The minimum atomic E-state index is -0.812. The highest BCUT2D eigenvalue weighted by Crippen LogP contribution is 2.28. The summed E-state index contributed by atoms with van der Waals surface area (Å²) in [6.45, 7) is 4.54. The van der Waals surface area contributed by atoms with Gasteiger partial charge < -0.3 is 20.2 Å². The van der Waals surface area contributed by atoms with Crippen LogP contribution in [0.25, 0.3) is 0 Å². The summed E-state index contributed by atoms with van der Waals surface area (Å²) in [6.07, 6.45) is 0.482. The molecule has 3 amide bonds. The van der Waals surface area contributed by atoms with Crippen LogP contribution in [-0.4, -0.2) is 62.9 Å². The quantitative estimate of drug-likeness (QED) is 0.757. The summed E-state index contributed by atoms with van der Waals surface area (Å²) in [5.41, 5.74) is 1.59. The second-order valence-corrected chi connectivity index (χ2v) is 8.51. The number of amides is 3. The molecule has 2 unspecified atom stereocenters. The average Bonchev–Trinajstić information content (AvgIpc) is 3.08. The fourth-order valence-corrected chi connectivity index (χ4v) is 4.40. The highest BCUT2D eigenvalue weighted by Gasteiger charge is 2.36. The van der Waals surface area contributed by atoms with Crippen LogP contribution in [0.5, 0.6) is 0 Å². The van der Waals surface area contributed by atoms with Gasteiger partial charge in [-0.3, -0.25) is 9.48 Å². The third-order valence-corrected chi connectivity index (χ3v) is 6.38. The van der Waals surface area contributed by atoms with E-state index in [0.717, 1.165) is 11.8 Å². The Labute approximate surface area is 184 Å². The molecule has 4 rings (SSSR count). The standard InChI is InChI=1S/C22H27F2N5O3/c1-4-18(30)13-9-27(3)21(31)20-14-11-28(8-7-16(14)26-29(20)10-13)22(32)25-17-6-5-15(23)12(2)19(17)24/h5-6,13,18,30H,4,7-11H2,1-3H3,(H,25,32). The van der Waals surface area contributed by atoms with Crippen LogP contribution in [0.15, 0.2) is 12.1 Å².